The molecule has 1 aromatic heterocycles. The SMILES string of the molecule is Clc1snnc1CN1CCCNCC1. The second-order valence-corrected chi connectivity index (χ2v) is 4.73. The molecule has 1 saturated heterocycles. The summed E-state index contributed by atoms with van der Waals surface area (Å²) in [6, 6.07) is 0. The molecule has 0 amide bonds. The third-order valence-electron chi connectivity index (χ3n) is 2.32. The predicted octanol–water partition coefficient (Wildman–Crippen LogP) is 0.987. The third-order valence-corrected chi connectivity index (χ3v) is 3.30. The predicted molar refractivity (Wildman–Crippen MR) is 57.7 cm³/mol. The Bertz CT molecular complexity index is 283. The summed E-state index contributed by atoms with van der Waals surface area (Å²) in [6.45, 7) is 5.17. The molecule has 1 aliphatic rings. The smallest absolute Gasteiger partial charge is 0.138 e. The van der Waals surface area contributed by atoms with Gasteiger partial charge in [-0.3, -0.25) is 4.90 Å². The Morgan fingerprint density at radius 2 is 2.36 bits per heavy atom. The van der Waals surface area contributed by atoms with Gasteiger partial charge < -0.3 is 5.32 Å². The van der Waals surface area contributed by atoms with Crippen molar-refractivity contribution >= 4 is 23.1 Å². The summed E-state index contributed by atoms with van der Waals surface area (Å²) in [5.41, 5.74) is 0.915. The molecule has 1 aliphatic heterocycles. The van der Waals surface area contributed by atoms with Crippen molar-refractivity contribution in [2.75, 3.05) is 26.2 Å². The second kappa shape index (κ2) is 5.02. The molecule has 4 nitrogen and oxygen atoms in total. The van der Waals surface area contributed by atoms with Crippen molar-refractivity contribution in [1.29, 1.82) is 0 Å². The summed E-state index contributed by atoms with van der Waals surface area (Å²) in [7, 11) is 0. The van der Waals surface area contributed by atoms with Gasteiger partial charge in [0.15, 0.2) is 0 Å². The molecule has 1 fully saturated rings. The third kappa shape index (κ3) is 2.63. The van der Waals surface area contributed by atoms with Gasteiger partial charge in [0.1, 0.15) is 10.0 Å². The lowest BCUT2D eigenvalue weighted by molar-refractivity contribution is 0.281. The zero-order chi connectivity index (χ0) is 9.80. The van der Waals surface area contributed by atoms with Crippen LogP contribution in [0.3, 0.4) is 0 Å². The molecule has 0 saturated carbocycles. The Labute approximate surface area is 92.4 Å². The van der Waals surface area contributed by atoms with Crippen LogP contribution in [-0.2, 0) is 6.54 Å². The van der Waals surface area contributed by atoms with Crippen LogP contribution in [0.5, 0.6) is 0 Å². The Balaban J connectivity index is 1.92. The van der Waals surface area contributed by atoms with Gasteiger partial charge in [0.05, 0.1) is 0 Å². The summed E-state index contributed by atoms with van der Waals surface area (Å²) < 4.78 is 4.55. The summed E-state index contributed by atoms with van der Waals surface area (Å²) >= 11 is 7.21. The Kier molecular flexibility index (Phi) is 3.69. The minimum atomic E-state index is 0.724. The molecule has 2 heterocycles. The first kappa shape index (κ1) is 10.3. The van der Waals surface area contributed by atoms with Crippen molar-refractivity contribution < 1.29 is 0 Å². The molecule has 0 spiro atoms. The summed E-state index contributed by atoms with van der Waals surface area (Å²) in [4.78, 5) is 2.36. The van der Waals surface area contributed by atoms with Crippen molar-refractivity contribution in [2.24, 2.45) is 0 Å². The van der Waals surface area contributed by atoms with E-state index in [0.717, 1.165) is 42.8 Å². The summed E-state index contributed by atoms with van der Waals surface area (Å²) in [5.74, 6) is 0. The van der Waals surface area contributed by atoms with E-state index in [1.807, 2.05) is 0 Å². The van der Waals surface area contributed by atoms with Crippen LogP contribution in [0.25, 0.3) is 0 Å². The normalized spacial score (nSPS) is 19.5. The maximum absolute atomic E-state index is 5.95. The number of hydrogen-bond donors (Lipinski definition) is 1. The van der Waals surface area contributed by atoms with Crippen LogP contribution in [0.2, 0.25) is 4.34 Å². The van der Waals surface area contributed by atoms with Crippen LogP contribution in [-0.4, -0.2) is 40.7 Å². The summed E-state index contributed by atoms with van der Waals surface area (Å²) in [5, 5.41) is 7.38. The van der Waals surface area contributed by atoms with E-state index in [-0.39, 0.29) is 0 Å². The zero-order valence-electron chi connectivity index (χ0n) is 7.87. The lowest BCUT2D eigenvalue weighted by Crippen LogP contribution is -2.27. The first-order chi connectivity index (χ1) is 6.86. The number of hydrogen-bond acceptors (Lipinski definition) is 5. The first-order valence-electron chi connectivity index (χ1n) is 4.76. The largest absolute Gasteiger partial charge is 0.315 e. The molecular formula is C8H13ClN4S. The fourth-order valence-corrected chi connectivity index (χ4v) is 2.17. The molecule has 0 bridgehead atoms. The quantitative estimate of drug-likeness (QED) is 0.826. The molecule has 0 unspecified atom stereocenters. The molecule has 0 aromatic carbocycles. The van der Waals surface area contributed by atoms with Gasteiger partial charge in [0.25, 0.3) is 0 Å². The summed E-state index contributed by atoms with van der Waals surface area (Å²) in [6.07, 6.45) is 1.19. The molecule has 78 valence electrons. The van der Waals surface area contributed by atoms with Crippen molar-refractivity contribution in [2.45, 2.75) is 13.0 Å². The molecule has 14 heavy (non-hydrogen) atoms. The van der Waals surface area contributed by atoms with E-state index in [2.05, 4.69) is 19.8 Å². The molecule has 1 N–H and O–H groups in total. The number of rotatable bonds is 2. The second-order valence-electron chi connectivity index (χ2n) is 3.37. The standard InChI is InChI=1S/C8H13ClN4S/c9-8-7(11-12-14-8)6-13-4-1-2-10-3-5-13/h10H,1-6H2. The van der Waals surface area contributed by atoms with E-state index < -0.39 is 0 Å². The molecule has 0 atom stereocenters. The average molecular weight is 233 g/mol. The number of nitrogens with zero attached hydrogens (tertiary/aromatic N) is 3. The van der Waals surface area contributed by atoms with Crippen LogP contribution in [0.1, 0.15) is 12.1 Å². The Morgan fingerprint density at radius 3 is 3.14 bits per heavy atom. The zero-order valence-corrected chi connectivity index (χ0v) is 9.44. The molecule has 6 heteroatoms. The van der Waals surface area contributed by atoms with Crippen molar-refractivity contribution in [3.05, 3.63) is 10.0 Å². The van der Waals surface area contributed by atoms with Gasteiger partial charge in [0.2, 0.25) is 0 Å². The molecule has 0 aliphatic carbocycles. The molecular weight excluding hydrogens is 220 g/mol. The van der Waals surface area contributed by atoms with Crippen LogP contribution in [0.15, 0.2) is 0 Å². The van der Waals surface area contributed by atoms with Crippen LogP contribution >= 0.6 is 23.1 Å². The van der Waals surface area contributed by atoms with E-state index in [4.69, 9.17) is 11.6 Å². The molecule has 0 radical (unpaired) electrons. The topological polar surface area (TPSA) is 41.1 Å². The van der Waals surface area contributed by atoms with Gasteiger partial charge in [-0.2, -0.15) is 0 Å². The number of nitrogens with one attached hydrogen (secondary N) is 1. The molecule has 2 rings (SSSR count). The van der Waals surface area contributed by atoms with Crippen LogP contribution in [0, 0.1) is 0 Å². The fourth-order valence-electron chi connectivity index (χ4n) is 1.56. The van der Waals surface area contributed by atoms with Gasteiger partial charge in [0, 0.05) is 31.2 Å². The van der Waals surface area contributed by atoms with Crippen LogP contribution in [0.4, 0.5) is 0 Å². The lowest BCUT2D eigenvalue weighted by atomic mass is 10.3. The maximum atomic E-state index is 5.95. The lowest BCUT2D eigenvalue weighted by Gasteiger charge is -2.17. The maximum Gasteiger partial charge on any atom is 0.138 e. The monoisotopic (exact) mass is 232 g/mol. The fraction of sp³-hybridized carbons (Fsp3) is 0.750. The van der Waals surface area contributed by atoms with E-state index in [0.29, 0.717) is 0 Å². The highest BCUT2D eigenvalue weighted by molar-refractivity contribution is 7.10. The van der Waals surface area contributed by atoms with E-state index >= 15 is 0 Å². The van der Waals surface area contributed by atoms with Gasteiger partial charge in [-0.25, -0.2) is 0 Å². The highest BCUT2D eigenvalue weighted by Gasteiger charge is 2.13. The van der Waals surface area contributed by atoms with E-state index in [1.165, 1.54) is 18.0 Å². The number of halogens is 1. The molecule has 1 aromatic rings. The Hall–Kier alpha value is -0.230. The average Bonchev–Trinajstić information content (AvgIpc) is 2.44. The van der Waals surface area contributed by atoms with Gasteiger partial charge in [-0.15, -0.1) is 5.10 Å². The first-order valence-corrected chi connectivity index (χ1v) is 5.91. The Morgan fingerprint density at radius 1 is 1.43 bits per heavy atom. The van der Waals surface area contributed by atoms with Crippen molar-refractivity contribution in [1.82, 2.24) is 19.8 Å². The van der Waals surface area contributed by atoms with Crippen molar-refractivity contribution in [3.63, 3.8) is 0 Å². The van der Waals surface area contributed by atoms with E-state index in [1.54, 1.807) is 0 Å². The van der Waals surface area contributed by atoms with Gasteiger partial charge >= 0.3 is 0 Å². The highest BCUT2D eigenvalue weighted by atomic mass is 35.5. The van der Waals surface area contributed by atoms with E-state index in [9.17, 15) is 0 Å². The van der Waals surface area contributed by atoms with Crippen molar-refractivity contribution in [3.8, 4) is 0 Å². The minimum absolute atomic E-state index is 0.724. The highest BCUT2D eigenvalue weighted by Crippen LogP contribution is 2.18. The number of aromatic nitrogens is 2. The minimum Gasteiger partial charge on any atom is -0.315 e. The van der Waals surface area contributed by atoms with Crippen LogP contribution < -0.4 is 5.32 Å². The van der Waals surface area contributed by atoms with Gasteiger partial charge in [-0.1, -0.05) is 16.1 Å². The van der Waals surface area contributed by atoms with Gasteiger partial charge in [-0.05, 0) is 19.5 Å².